The normalized spacial score (nSPS) is 16.4. The van der Waals surface area contributed by atoms with E-state index < -0.39 is 0 Å². The maximum atomic E-state index is 12.3. The van der Waals surface area contributed by atoms with E-state index in [0.717, 1.165) is 31.7 Å². The van der Waals surface area contributed by atoms with Crippen molar-refractivity contribution in [2.75, 3.05) is 18.0 Å². The van der Waals surface area contributed by atoms with Crippen molar-refractivity contribution in [2.24, 2.45) is 0 Å². The second-order valence-corrected chi connectivity index (χ2v) is 7.33. The molecule has 1 aromatic carbocycles. The third-order valence-corrected chi connectivity index (χ3v) is 5.45. The van der Waals surface area contributed by atoms with Gasteiger partial charge in [0, 0.05) is 19.6 Å². The number of benzene rings is 1. The van der Waals surface area contributed by atoms with E-state index in [0.29, 0.717) is 12.2 Å². The first-order valence-corrected chi connectivity index (χ1v) is 9.91. The molecule has 0 atom stereocenters. The largest absolute Gasteiger partial charge is 0.350 e. The van der Waals surface area contributed by atoms with E-state index in [1.807, 2.05) is 6.07 Å². The Bertz CT molecular complexity index is 828. The van der Waals surface area contributed by atoms with Crippen LogP contribution in [0.4, 0.5) is 5.82 Å². The van der Waals surface area contributed by atoms with Crippen molar-refractivity contribution in [2.45, 2.75) is 45.1 Å². The minimum absolute atomic E-state index is 0.144. The van der Waals surface area contributed by atoms with Gasteiger partial charge in [-0.3, -0.25) is 4.79 Å². The highest BCUT2D eigenvalue weighted by Crippen LogP contribution is 2.22. The van der Waals surface area contributed by atoms with E-state index in [4.69, 9.17) is 0 Å². The van der Waals surface area contributed by atoms with Crippen LogP contribution in [0.1, 0.15) is 53.7 Å². The van der Waals surface area contributed by atoms with Crippen LogP contribution in [0.2, 0.25) is 0 Å². The summed E-state index contributed by atoms with van der Waals surface area (Å²) in [7, 11) is 0. The number of hydrogen-bond donors (Lipinski definition) is 1. The number of aromatic nitrogens is 2. The van der Waals surface area contributed by atoms with E-state index in [-0.39, 0.29) is 5.91 Å². The maximum absolute atomic E-state index is 12.3. The smallest absolute Gasteiger partial charge is 0.271 e. The summed E-state index contributed by atoms with van der Waals surface area (Å²) in [6.07, 6.45) is 9.18. The van der Waals surface area contributed by atoms with Crippen LogP contribution in [0.25, 0.3) is 0 Å². The first-order valence-electron chi connectivity index (χ1n) is 9.91. The van der Waals surface area contributed by atoms with Crippen LogP contribution < -0.4 is 10.2 Å². The number of carbonyl (C=O) groups excluding carboxylic acids is 1. The van der Waals surface area contributed by atoms with E-state index in [2.05, 4.69) is 50.8 Å². The standard InChI is InChI=1S/C22H26N4O/c27-22(23-14-12-17-6-2-1-3-7-17)20-10-11-21(25-24-20)26-15-13-18-8-4-5-9-19(18)16-26/h4-6,8-11H,1-3,7,12-16H2,(H,23,27). The van der Waals surface area contributed by atoms with E-state index in [1.54, 1.807) is 6.07 Å². The molecule has 0 fully saturated rings. The number of fused-ring (bicyclic) bond motifs is 1. The van der Waals surface area contributed by atoms with Crippen molar-refractivity contribution in [1.82, 2.24) is 15.5 Å². The molecule has 1 aromatic heterocycles. The molecule has 5 heteroatoms. The first kappa shape index (κ1) is 17.7. The lowest BCUT2D eigenvalue weighted by atomic mass is 9.97. The Kier molecular flexibility index (Phi) is 5.47. The molecule has 5 nitrogen and oxygen atoms in total. The number of anilines is 1. The van der Waals surface area contributed by atoms with Gasteiger partial charge in [-0.1, -0.05) is 35.9 Å². The average molecular weight is 362 g/mol. The van der Waals surface area contributed by atoms with E-state index in [9.17, 15) is 4.79 Å². The van der Waals surface area contributed by atoms with Crippen molar-refractivity contribution in [3.05, 3.63) is 64.9 Å². The number of rotatable bonds is 5. The predicted molar refractivity (Wildman–Crippen MR) is 107 cm³/mol. The number of hydrogen-bond acceptors (Lipinski definition) is 4. The lowest BCUT2D eigenvalue weighted by molar-refractivity contribution is 0.0948. The Morgan fingerprint density at radius 2 is 1.93 bits per heavy atom. The molecule has 140 valence electrons. The molecule has 2 heterocycles. The molecule has 1 amide bonds. The quantitative estimate of drug-likeness (QED) is 0.825. The van der Waals surface area contributed by atoms with Crippen molar-refractivity contribution >= 4 is 11.7 Å². The number of amides is 1. The molecule has 4 rings (SSSR count). The highest BCUT2D eigenvalue weighted by atomic mass is 16.1. The topological polar surface area (TPSA) is 58.1 Å². The minimum Gasteiger partial charge on any atom is -0.350 e. The maximum Gasteiger partial charge on any atom is 0.271 e. The Balaban J connectivity index is 1.32. The van der Waals surface area contributed by atoms with Crippen LogP contribution in [0.5, 0.6) is 0 Å². The SMILES string of the molecule is O=C(NCCC1=CCCCC1)c1ccc(N2CCc3ccccc3C2)nn1. The summed E-state index contributed by atoms with van der Waals surface area (Å²) < 4.78 is 0. The monoisotopic (exact) mass is 362 g/mol. The summed E-state index contributed by atoms with van der Waals surface area (Å²) in [5.41, 5.74) is 4.59. The molecule has 2 aliphatic rings. The van der Waals surface area contributed by atoms with E-state index in [1.165, 1.54) is 42.4 Å². The average Bonchev–Trinajstić information content (AvgIpc) is 2.74. The molecule has 1 aliphatic carbocycles. The summed E-state index contributed by atoms with van der Waals surface area (Å²) in [5, 5.41) is 11.4. The van der Waals surface area contributed by atoms with Gasteiger partial charge in [-0.15, -0.1) is 10.2 Å². The van der Waals surface area contributed by atoms with Gasteiger partial charge in [0.2, 0.25) is 0 Å². The Morgan fingerprint density at radius 3 is 2.70 bits per heavy atom. The Labute approximate surface area is 160 Å². The number of carbonyl (C=O) groups is 1. The van der Waals surface area contributed by atoms with Gasteiger partial charge < -0.3 is 10.2 Å². The fraction of sp³-hybridized carbons (Fsp3) is 0.409. The molecule has 0 saturated carbocycles. The third kappa shape index (κ3) is 4.35. The first-order chi connectivity index (χ1) is 13.3. The van der Waals surface area contributed by atoms with Crippen LogP contribution in [0, 0.1) is 0 Å². The molecule has 27 heavy (non-hydrogen) atoms. The van der Waals surface area contributed by atoms with Gasteiger partial charge in [0.15, 0.2) is 11.5 Å². The summed E-state index contributed by atoms with van der Waals surface area (Å²) in [6, 6.07) is 12.2. The van der Waals surface area contributed by atoms with Gasteiger partial charge in [0.1, 0.15) is 0 Å². The number of allylic oxidation sites excluding steroid dienone is 1. The third-order valence-electron chi connectivity index (χ3n) is 5.45. The Hall–Kier alpha value is -2.69. The van der Waals surface area contributed by atoms with Crippen LogP contribution in [0.3, 0.4) is 0 Å². The second-order valence-electron chi connectivity index (χ2n) is 7.33. The molecule has 0 saturated heterocycles. The zero-order chi connectivity index (χ0) is 18.5. The lowest BCUT2D eigenvalue weighted by Crippen LogP contribution is -2.31. The molecule has 0 unspecified atom stereocenters. The summed E-state index contributed by atoms with van der Waals surface area (Å²) in [4.78, 5) is 14.5. The number of nitrogens with one attached hydrogen (secondary N) is 1. The fourth-order valence-corrected chi connectivity index (χ4v) is 3.87. The molecule has 1 aliphatic heterocycles. The van der Waals surface area contributed by atoms with Crippen molar-refractivity contribution < 1.29 is 4.79 Å². The van der Waals surface area contributed by atoms with Crippen molar-refractivity contribution in [3.8, 4) is 0 Å². The van der Waals surface area contributed by atoms with Crippen LogP contribution in [0.15, 0.2) is 48.0 Å². The van der Waals surface area contributed by atoms with Gasteiger partial charge in [0.25, 0.3) is 5.91 Å². The van der Waals surface area contributed by atoms with Crippen molar-refractivity contribution in [1.29, 1.82) is 0 Å². The highest BCUT2D eigenvalue weighted by molar-refractivity contribution is 5.92. The van der Waals surface area contributed by atoms with Gasteiger partial charge in [-0.05, 0) is 61.8 Å². The fourth-order valence-electron chi connectivity index (χ4n) is 3.87. The summed E-state index contributed by atoms with van der Waals surface area (Å²) in [5.74, 6) is 0.683. The molecule has 0 bridgehead atoms. The van der Waals surface area contributed by atoms with Crippen molar-refractivity contribution in [3.63, 3.8) is 0 Å². The van der Waals surface area contributed by atoms with Gasteiger partial charge in [0.05, 0.1) is 0 Å². The zero-order valence-electron chi connectivity index (χ0n) is 15.7. The second kappa shape index (κ2) is 8.33. The molecular formula is C22H26N4O. The summed E-state index contributed by atoms with van der Waals surface area (Å²) in [6.45, 7) is 2.43. The van der Waals surface area contributed by atoms with Gasteiger partial charge in [-0.2, -0.15) is 0 Å². The van der Waals surface area contributed by atoms with Gasteiger partial charge >= 0.3 is 0 Å². The molecule has 2 aromatic rings. The molecule has 0 radical (unpaired) electrons. The van der Waals surface area contributed by atoms with Crippen LogP contribution in [-0.2, 0) is 13.0 Å². The van der Waals surface area contributed by atoms with Gasteiger partial charge in [-0.25, -0.2) is 0 Å². The lowest BCUT2D eigenvalue weighted by Gasteiger charge is -2.29. The summed E-state index contributed by atoms with van der Waals surface area (Å²) >= 11 is 0. The Morgan fingerprint density at radius 1 is 1.04 bits per heavy atom. The predicted octanol–water partition coefficient (Wildman–Crippen LogP) is 3.66. The van der Waals surface area contributed by atoms with E-state index >= 15 is 0 Å². The highest BCUT2D eigenvalue weighted by Gasteiger charge is 2.18. The minimum atomic E-state index is -0.144. The molecule has 0 spiro atoms. The number of nitrogens with zero attached hydrogens (tertiary/aromatic N) is 3. The van der Waals surface area contributed by atoms with Crippen LogP contribution >= 0.6 is 0 Å². The van der Waals surface area contributed by atoms with Crippen LogP contribution in [-0.4, -0.2) is 29.2 Å². The molecule has 1 N–H and O–H groups in total. The zero-order valence-corrected chi connectivity index (χ0v) is 15.7. The molecular weight excluding hydrogens is 336 g/mol.